The monoisotopic (exact) mass is 385 g/mol. The Balaban J connectivity index is 1.94. The Bertz CT molecular complexity index is 735. The maximum Gasteiger partial charge on any atom is 0.168 e. The van der Waals surface area contributed by atoms with E-state index in [0.717, 1.165) is 36.5 Å². The molecule has 5 nitrogen and oxygen atoms in total. The molecule has 0 spiro atoms. The summed E-state index contributed by atoms with van der Waals surface area (Å²) in [5.41, 5.74) is 2.25. The Kier molecular flexibility index (Phi) is 6.23. The zero-order chi connectivity index (χ0) is 20.3. The van der Waals surface area contributed by atoms with Crippen molar-refractivity contribution >= 4 is 11.6 Å². The van der Waals surface area contributed by atoms with Crippen LogP contribution in [-0.2, 0) is 20.7 Å². The SMILES string of the molecule is COc1ccc(CC(C)C(=C2C(=O)CC(C)(C)CC2=O)N2CCOCC2)cc1. The molecule has 0 amide bonds. The van der Waals surface area contributed by atoms with E-state index >= 15 is 0 Å². The molecule has 2 aliphatic rings. The number of hydrogen-bond donors (Lipinski definition) is 0. The summed E-state index contributed by atoms with van der Waals surface area (Å²) >= 11 is 0. The number of ether oxygens (including phenoxy) is 2. The Morgan fingerprint density at radius 1 is 1.11 bits per heavy atom. The number of morpholine rings is 1. The lowest BCUT2D eigenvalue weighted by Crippen LogP contribution is -2.42. The van der Waals surface area contributed by atoms with Crippen molar-refractivity contribution < 1.29 is 19.1 Å². The van der Waals surface area contributed by atoms with Crippen LogP contribution in [-0.4, -0.2) is 49.9 Å². The van der Waals surface area contributed by atoms with Gasteiger partial charge in [-0.3, -0.25) is 9.59 Å². The van der Waals surface area contributed by atoms with Crippen molar-refractivity contribution in [2.24, 2.45) is 11.3 Å². The number of methoxy groups -OCH3 is 1. The molecule has 1 unspecified atom stereocenters. The van der Waals surface area contributed by atoms with Crippen LogP contribution in [0.15, 0.2) is 35.5 Å². The molecule has 5 heteroatoms. The van der Waals surface area contributed by atoms with E-state index in [4.69, 9.17) is 9.47 Å². The highest BCUT2D eigenvalue weighted by Crippen LogP contribution is 2.37. The average molecular weight is 386 g/mol. The standard InChI is InChI=1S/C23H31NO4/c1-16(13-17-5-7-18(27-4)8-6-17)22(24-9-11-28-12-10-24)21-19(25)14-23(2,3)15-20(21)26/h5-8,16H,9-15H2,1-4H3. The van der Waals surface area contributed by atoms with Crippen LogP contribution in [0.5, 0.6) is 5.75 Å². The Hall–Kier alpha value is -2.14. The summed E-state index contributed by atoms with van der Waals surface area (Å²) in [6, 6.07) is 7.99. The van der Waals surface area contributed by atoms with Gasteiger partial charge < -0.3 is 14.4 Å². The molecule has 2 fully saturated rings. The van der Waals surface area contributed by atoms with Crippen molar-refractivity contribution in [1.29, 1.82) is 0 Å². The van der Waals surface area contributed by atoms with Gasteiger partial charge in [0, 0.05) is 37.5 Å². The average Bonchev–Trinajstić information content (AvgIpc) is 2.65. The molecule has 0 bridgehead atoms. The fourth-order valence-electron chi connectivity index (χ4n) is 4.28. The summed E-state index contributed by atoms with van der Waals surface area (Å²) in [5.74, 6) is 0.868. The molecule has 152 valence electrons. The number of rotatable bonds is 5. The van der Waals surface area contributed by atoms with E-state index in [1.54, 1.807) is 7.11 Å². The third-order valence-electron chi connectivity index (χ3n) is 5.61. The van der Waals surface area contributed by atoms with Gasteiger partial charge in [0.05, 0.1) is 25.9 Å². The minimum atomic E-state index is -0.257. The second kappa shape index (κ2) is 8.48. The number of nitrogens with zero attached hydrogens (tertiary/aromatic N) is 1. The molecular weight excluding hydrogens is 354 g/mol. The Morgan fingerprint density at radius 2 is 1.68 bits per heavy atom. The van der Waals surface area contributed by atoms with Crippen molar-refractivity contribution in [2.45, 2.75) is 40.0 Å². The summed E-state index contributed by atoms with van der Waals surface area (Å²) < 4.78 is 10.7. The molecule has 0 radical (unpaired) electrons. The summed E-state index contributed by atoms with van der Waals surface area (Å²) in [4.78, 5) is 28.2. The van der Waals surface area contributed by atoms with Gasteiger partial charge in [-0.1, -0.05) is 32.9 Å². The lowest BCUT2D eigenvalue weighted by atomic mass is 9.72. The normalized spacial score (nSPS) is 20.9. The van der Waals surface area contributed by atoms with Crippen LogP contribution in [0.4, 0.5) is 0 Å². The summed E-state index contributed by atoms with van der Waals surface area (Å²) in [7, 11) is 1.65. The minimum absolute atomic E-state index is 0.00989. The van der Waals surface area contributed by atoms with E-state index < -0.39 is 0 Å². The largest absolute Gasteiger partial charge is 0.497 e. The van der Waals surface area contributed by atoms with Gasteiger partial charge in [0.15, 0.2) is 11.6 Å². The van der Waals surface area contributed by atoms with Gasteiger partial charge in [0.25, 0.3) is 0 Å². The predicted octanol–water partition coefficient (Wildman–Crippen LogP) is 3.42. The first-order valence-corrected chi connectivity index (χ1v) is 10.1. The second-order valence-electron chi connectivity index (χ2n) is 8.68. The molecule has 1 aromatic carbocycles. The van der Waals surface area contributed by atoms with E-state index in [2.05, 4.69) is 11.8 Å². The van der Waals surface area contributed by atoms with Gasteiger partial charge >= 0.3 is 0 Å². The van der Waals surface area contributed by atoms with Gasteiger partial charge in [0.1, 0.15) is 5.75 Å². The van der Waals surface area contributed by atoms with Gasteiger partial charge in [-0.05, 0) is 29.5 Å². The van der Waals surface area contributed by atoms with Crippen molar-refractivity contribution in [3.63, 3.8) is 0 Å². The van der Waals surface area contributed by atoms with E-state index in [-0.39, 0.29) is 22.9 Å². The van der Waals surface area contributed by atoms with Gasteiger partial charge in [-0.15, -0.1) is 0 Å². The zero-order valence-corrected chi connectivity index (χ0v) is 17.4. The molecule has 1 aliphatic heterocycles. The first-order valence-electron chi connectivity index (χ1n) is 10.1. The quantitative estimate of drug-likeness (QED) is 0.574. The van der Waals surface area contributed by atoms with Crippen LogP contribution < -0.4 is 4.74 Å². The first kappa shape index (κ1) is 20.6. The molecular formula is C23H31NO4. The molecule has 1 saturated heterocycles. The highest BCUT2D eigenvalue weighted by Gasteiger charge is 2.39. The second-order valence-corrected chi connectivity index (χ2v) is 8.68. The van der Waals surface area contributed by atoms with Crippen molar-refractivity contribution in [2.75, 3.05) is 33.4 Å². The number of carbonyl (C=O) groups excluding carboxylic acids is 2. The lowest BCUT2D eigenvalue weighted by Gasteiger charge is -2.38. The van der Waals surface area contributed by atoms with E-state index in [0.29, 0.717) is 31.6 Å². The lowest BCUT2D eigenvalue weighted by molar-refractivity contribution is -0.127. The van der Waals surface area contributed by atoms with Gasteiger partial charge in [-0.2, -0.15) is 0 Å². The molecule has 0 aromatic heterocycles. The molecule has 1 aromatic rings. The van der Waals surface area contributed by atoms with Crippen molar-refractivity contribution in [3.05, 3.63) is 41.1 Å². The maximum atomic E-state index is 13.0. The van der Waals surface area contributed by atoms with Crippen molar-refractivity contribution in [3.8, 4) is 5.75 Å². The predicted molar refractivity (Wildman–Crippen MR) is 108 cm³/mol. The number of Topliss-reactive ketones (excluding diaryl/α,β-unsaturated/α-hetero) is 2. The molecule has 3 rings (SSSR count). The van der Waals surface area contributed by atoms with Crippen LogP contribution in [0.2, 0.25) is 0 Å². The summed E-state index contributed by atoms with van der Waals surface area (Å²) in [6.45, 7) is 8.79. The van der Waals surface area contributed by atoms with Gasteiger partial charge in [0.2, 0.25) is 0 Å². The van der Waals surface area contributed by atoms with Crippen LogP contribution in [0.1, 0.15) is 39.2 Å². The molecule has 1 atom stereocenters. The number of carbonyl (C=O) groups is 2. The minimum Gasteiger partial charge on any atom is -0.497 e. The molecule has 1 heterocycles. The highest BCUT2D eigenvalue weighted by molar-refractivity contribution is 6.22. The van der Waals surface area contributed by atoms with Crippen LogP contribution >= 0.6 is 0 Å². The van der Waals surface area contributed by atoms with Gasteiger partial charge in [-0.25, -0.2) is 0 Å². The van der Waals surface area contributed by atoms with Crippen LogP contribution in [0.25, 0.3) is 0 Å². The number of allylic oxidation sites excluding steroid dienone is 2. The van der Waals surface area contributed by atoms with Crippen LogP contribution in [0, 0.1) is 11.3 Å². The number of ketones is 2. The van der Waals surface area contributed by atoms with Crippen molar-refractivity contribution in [1.82, 2.24) is 4.90 Å². The maximum absolute atomic E-state index is 13.0. The molecule has 0 N–H and O–H groups in total. The molecule has 1 saturated carbocycles. The van der Waals surface area contributed by atoms with E-state index in [1.165, 1.54) is 0 Å². The number of benzene rings is 1. The smallest absolute Gasteiger partial charge is 0.168 e. The first-order chi connectivity index (χ1) is 13.3. The van der Waals surface area contributed by atoms with E-state index in [1.807, 2.05) is 38.1 Å². The Morgan fingerprint density at radius 3 is 2.21 bits per heavy atom. The topological polar surface area (TPSA) is 55.8 Å². The number of hydrogen-bond acceptors (Lipinski definition) is 5. The highest BCUT2D eigenvalue weighted by atomic mass is 16.5. The van der Waals surface area contributed by atoms with Crippen LogP contribution in [0.3, 0.4) is 0 Å². The molecule has 28 heavy (non-hydrogen) atoms. The third kappa shape index (κ3) is 4.64. The van der Waals surface area contributed by atoms with E-state index in [9.17, 15) is 9.59 Å². The third-order valence-corrected chi connectivity index (χ3v) is 5.61. The molecule has 1 aliphatic carbocycles. The fourth-order valence-corrected chi connectivity index (χ4v) is 4.28. The summed E-state index contributed by atoms with van der Waals surface area (Å²) in [6.07, 6.45) is 1.62. The zero-order valence-electron chi connectivity index (χ0n) is 17.4. The fraction of sp³-hybridized carbons (Fsp3) is 0.565. The summed E-state index contributed by atoms with van der Waals surface area (Å²) in [5, 5.41) is 0. The Labute approximate surface area is 167 Å².